The Hall–Kier alpha value is -0.950. The van der Waals surface area contributed by atoms with Gasteiger partial charge in [0.05, 0.1) is 30.3 Å². The molecule has 1 saturated heterocycles. The van der Waals surface area contributed by atoms with Crippen LogP contribution in [0.5, 0.6) is 0 Å². The van der Waals surface area contributed by atoms with Crippen LogP contribution < -0.4 is 0 Å². The van der Waals surface area contributed by atoms with Gasteiger partial charge in [0.25, 0.3) is 10.1 Å². The van der Waals surface area contributed by atoms with Crippen molar-refractivity contribution < 1.29 is 22.1 Å². The SMILES string of the molecule is Cc1ccc(S(=O)(=O)OCC2COC3(CCC3)CO2)cc1. The first-order chi connectivity index (χ1) is 9.99. The lowest BCUT2D eigenvalue weighted by Gasteiger charge is -2.46. The van der Waals surface area contributed by atoms with E-state index in [1.165, 1.54) is 6.42 Å². The smallest absolute Gasteiger partial charge is 0.297 e. The fraction of sp³-hybridized carbons (Fsp3) is 0.600. The van der Waals surface area contributed by atoms with E-state index in [-0.39, 0.29) is 23.2 Å². The molecule has 1 aliphatic carbocycles. The summed E-state index contributed by atoms with van der Waals surface area (Å²) in [6, 6.07) is 6.59. The highest BCUT2D eigenvalue weighted by atomic mass is 32.2. The van der Waals surface area contributed by atoms with E-state index in [1.54, 1.807) is 24.3 Å². The molecule has 0 radical (unpaired) electrons. The molecule has 3 rings (SSSR count). The van der Waals surface area contributed by atoms with Crippen molar-refractivity contribution in [1.29, 1.82) is 0 Å². The highest BCUT2D eigenvalue weighted by Crippen LogP contribution is 2.38. The number of hydrogen-bond acceptors (Lipinski definition) is 5. The highest BCUT2D eigenvalue weighted by molar-refractivity contribution is 7.86. The Labute approximate surface area is 125 Å². The Kier molecular flexibility index (Phi) is 4.05. The van der Waals surface area contributed by atoms with Gasteiger partial charge in [-0.2, -0.15) is 8.42 Å². The molecular weight excluding hydrogens is 292 g/mol. The molecule has 1 saturated carbocycles. The molecule has 116 valence electrons. The lowest BCUT2D eigenvalue weighted by molar-refractivity contribution is -0.223. The standard InChI is InChI=1S/C15H20O5S/c1-12-3-5-14(6-4-12)21(16,17)20-10-13-9-19-15(11-18-13)7-2-8-15/h3-6,13H,2,7-11H2,1H3. The van der Waals surface area contributed by atoms with Crippen LogP contribution in [-0.2, 0) is 23.8 Å². The first-order valence-corrected chi connectivity index (χ1v) is 8.62. The Morgan fingerprint density at radius 3 is 2.52 bits per heavy atom. The van der Waals surface area contributed by atoms with Crippen LogP contribution in [0.25, 0.3) is 0 Å². The van der Waals surface area contributed by atoms with Crippen LogP contribution in [0.4, 0.5) is 0 Å². The van der Waals surface area contributed by atoms with Crippen LogP contribution in [0, 0.1) is 6.92 Å². The zero-order valence-electron chi connectivity index (χ0n) is 12.1. The van der Waals surface area contributed by atoms with Crippen molar-refractivity contribution in [1.82, 2.24) is 0 Å². The van der Waals surface area contributed by atoms with Gasteiger partial charge >= 0.3 is 0 Å². The van der Waals surface area contributed by atoms with Crippen LogP contribution in [0.3, 0.4) is 0 Å². The molecule has 0 N–H and O–H groups in total. The summed E-state index contributed by atoms with van der Waals surface area (Å²) in [6.07, 6.45) is 2.91. The fourth-order valence-corrected chi connectivity index (χ4v) is 3.46. The number of aryl methyl sites for hydroxylation is 1. The molecule has 1 spiro atoms. The topological polar surface area (TPSA) is 61.8 Å². The molecule has 1 atom stereocenters. The van der Waals surface area contributed by atoms with Gasteiger partial charge in [0.2, 0.25) is 0 Å². The average Bonchev–Trinajstić information content (AvgIpc) is 2.45. The lowest BCUT2D eigenvalue weighted by Crippen LogP contribution is -2.52. The van der Waals surface area contributed by atoms with E-state index in [0.717, 1.165) is 18.4 Å². The minimum absolute atomic E-state index is 0.00765. The Bertz CT molecular complexity index is 579. The second-order valence-corrected chi connectivity index (χ2v) is 7.45. The van der Waals surface area contributed by atoms with E-state index < -0.39 is 10.1 Å². The molecule has 2 aliphatic rings. The largest absolute Gasteiger partial charge is 0.370 e. The minimum atomic E-state index is -3.73. The van der Waals surface area contributed by atoms with Crippen molar-refractivity contribution in [3.05, 3.63) is 29.8 Å². The van der Waals surface area contributed by atoms with Crippen LogP contribution in [0.15, 0.2) is 29.2 Å². The maximum atomic E-state index is 12.1. The van der Waals surface area contributed by atoms with E-state index in [4.69, 9.17) is 13.7 Å². The van der Waals surface area contributed by atoms with Gasteiger partial charge in [-0.05, 0) is 38.3 Å². The van der Waals surface area contributed by atoms with Gasteiger partial charge < -0.3 is 9.47 Å². The van der Waals surface area contributed by atoms with Gasteiger partial charge in [-0.3, -0.25) is 4.18 Å². The molecule has 5 nitrogen and oxygen atoms in total. The second-order valence-electron chi connectivity index (χ2n) is 5.83. The molecule has 1 heterocycles. The van der Waals surface area contributed by atoms with Crippen LogP contribution in [0.2, 0.25) is 0 Å². The summed E-state index contributed by atoms with van der Waals surface area (Å²) in [4.78, 5) is 0.167. The lowest BCUT2D eigenvalue weighted by atomic mass is 9.80. The molecule has 1 aromatic carbocycles. The normalized spacial score (nSPS) is 24.7. The van der Waals surface area contributed by atoms with E-state index in [9.17, 15) is 8.42 Å². The first-order valence-electron chi connectivity index (χ1n) is 7.21. The third kappa shape index (κ3) is 3.29. The van der Waals surface area contributed by atoms with Crippen LogP contribution in [0.1, 0.15) is 24.8 Å². The van der Waals surface area contributed by atoms with Gasteiger partial charge in [0.1, 0.15) is 6.10 Å². The Morgan fingerprint density at radius 1 is 1.29 bits per heavy atom. The minimum Gasteiger partial charge on any atom is -0.370 e. The summed E-state index contributed by atoms with van der Waals surface area (Å²) in [6.45, 7) is 2.82. The van der Waals surface area contributed by atoms with E-state index in [2.05, 4.69) is 0 Å². The molecular formula is C15H20O5S. The van der Waals surface area contributed by atoms with Gasteiger partial charge in [0, 0.05) is 0 Å². The van der Waals surface area contributed by atoms with Crippen LogP contribution in [-0.4, -0.2) is 39.9 Å². The van der Waals surface area contributed by atoms with Crippen molar-refractivity contribution in [2.75, 3.05) is 19.8 Å². The van der Waals surface area contributed by atoms with E-state index >= 15 is 0 Å². The third-order valence-electron chi connectivity index (χ3n) is 4.14. The maximum absolute atomic E-state index is 12.1. The quantitative estimate of drug-likeness (QED) is 0.796. The molecule has 1 unspecified atom stereocenters. The Balaban J connectivity index is 1.53. The number of rotatable bonds is 4. The van der Waals surface area contributed by atoms with E-state index in [1.807, 2.05) is 6.92 Å². The predicted octanol–water partition coefficient (Wildman–Crippen LogP) is 2.04. The highest BCUT2D eigenvalue weighted by Gasteiger charge is 2.42. The summed E-state index contributed by atoms with van der Waals surface area (Å²) < 4.78 is 40.7. The number of benzene rings is 1. The maximum Gasteiger partial charge on any atom is 0.297 e. The molecule has 2 fully saturated rings. The zero-order chi connectivity index (χ0) is 14.9. The monoisotopic (exact) mass is 312 g/mol. The van der Waals surface area contributed by atoms with E-state index in [0.29, 0.717) is 13.2 Å². The van der Waals surface area contributed by atoms with Gasteiger partial charge in [-0.25, -0.2) is 0 Å². The van der Waals surface area contributed by atoms with Gasteiger partial charge in [-0.1, -0.05) is 17.7 Å². The zero-order valence-corrected chi connectivity index (χ0v) is 12.9. The molecule has 1 aliphatic heterocycles. The number of hydrogen-bond donors (Lipinski definition) is 0. The summed E-state index contributed by atoms with van der Waals surface area (Å²) in [5, 5.41) is 0. The number of ether oxygens (including phenoxy) is 2. The molecule has 21 heavy (non-hydrogen) atoms. The van der Waals surface area contributed by atoms with Crippen molar-refractivity contribution in [3.63, 3.8) is 0 Å². The fourth-order valence-electron chi connectivity index (χ4n) is 2.52. The second kappa shape index (κ2) is 5.68. The van der Waals surface area contributed by atoms with Crippen LogP contribution >= 0.6 is 0 Å². The summed E-state index contributed by atoms with van der Waals surface area (Å²) in [5.41, 5.74) is 0.899. The Morgan fingerprint density at radius 2 is 2.00 bits per heavy atom. The van der Waals surface area contributed by atoms with Gasteiger partial charge in [-0.15, -0.1) is 0 Å². The third-order valence-corrected chi connectivity index (χ3v) is 5.44. The van der Waals surface area contributed by atoms with Crippen molar-refractivity contribution in [3.8, 4) is 0 Å². The molecule has 0 aromatic heterocycles. The molecule has 0 amide bonds. The summed E-state index contributed by atoms with van der Waals surface area (Å²) >= 11 is 0. The molecule has 0 bridgehead atoms. The van der Waals surface area contributed by atoms with Crippen molar-refractivity contribution in [2.45, 2.75) is 42.8 Å². The van der Waals surface area contributed by atoms with Gasteiger partial charge in [0.15, 0.2) is 0 Å². The summed E-state index contributed by atoms with van der Waals surface area (Å²) in [7, 11) is -3.73. The van der Waals surface area contributed by atoms with Crippen molar-refractivity contribution >= 4 is 10.1 Å². The van der Waals surface area contributed by atoms with Crippen molar-refractivity contribution in [2.24, 2.45) is 0 Å². The molecule has 1 aromatic rings. The average molecular weight is 312 g/mol. The summed E-state index contributed by atoms with van der Waals surface area (Å²) in [5.74, 6) is 0. The first kappa shape index (κ1) is 15.0. The predicted molar refractivity (Wildman–Crippen MR) is 76.6 cm³/mol. The molecule has 6 heteroatoms.